The fourth-order valence-electron chi connectivity index (χ4n) is 2.64. The average Bonchev–Trinajstić information content (AvgIpc) is 2.70. The number of fused-ring (bicyclic) bond motifs is 1. The van der Waals surface area contributed by atoms with Crippen molar-refractivity contribution >= 4 is 16.6 Å². The molecule has 1 aromatic rings. The fraction of sp³-hybridized carbons (Fsp3) is 0.636. The predicted octanol–water partition coefficient (Wildman–Crippen LogP) is 0.712. The Balaban J connectivity index is 1.89. The van der Waals surface area contributed by atoms with E-state index in [9.17, 15) is 18.1 Å². The number of alkyl halides is 2. The molecule has 1 fully saturated rings. The molecule has 19 heavy (non-hydrogen) atoms. The number of aryl methyl sites for hydroxylation is 1. The minimum atomic E-state index is -2.76. The van der Waals surface area contributed by atoms with Gasteiger partial charge in [-0.1, -0.05) is 0 Å². The van der Waals surface area contributed by atoms with Gasteiger partial charge >= 0.3 is 0 Å². The van der Waals surface area contributed by atoms with Crippen LogP contribution in [0.5, 0.6) is 0 Å². The average molecular weight is 289 g/mol. The minimum Gasteiger partial charge on any atom is -0.394 e. The smallest absolute Gasteiger partial charge is 0.252 e. The maximum absolute atomic E-state index is 13.0. The second kappa shape index (κ2) is 4.17. The molecular formula is C11H13F2N3O2S. The Morgan fingerprint density at radius 2 is 2.16 bits per heavy atom. The van der Waals surface area contributed by atoms with E-state index in [4.69, 9.17) is 0 Å². The van der Waals surface area contributed by atoms with Crippen molar-refractivity contribution in [3.63, 3.8) is 0 Å². The van der Waals surface area contributed by atoms with Crippen LogP contribution in [0.2, 0.25) is 0 Å². The number of nitrogens with zero attached hydrogens (tertiary/aromatic N) is 2. The number of nitrogens with one attached hydrogen (secondary N) is 1. The van der Waals surface area contributed by atoms with Crippen LogP contribution in [0.1, 0.15) is 18.5 Å². The quantitative estimate of drug-likeness (QED) is 0.857. The third-order valence-electron chi connectivity index (χ3n) is 3.51. The van der Waals surface area contributed by atoms with Crippen LogP contribution in [-0.2, 0) is 17.2 Å². The van der Waals surface area contributed by atoms with Crippen LogP contribution >= 0.6 is 0 Å². The number of anilines is 1. The van der Waals surface area contributed by atoms with Crippen molar-refractivity contribution in [3.05, 3.63) is 12.0 Å². The van der Waals surface area contributed by atoms with Gasteiger partial charge in [0, 0.05) is 25.0 Å². The molecule has 0 spiro atoms. The number of rotatable bonds is 3. The van der Waals surface area contributed by atoms with E-state index in [0.717, 1.165) is 0 Å². The molecule has 1 aliphatic heterocycles. The van der Waals surface area contributed by atoms with E-state index in [-0.39, 0.29) is 0 Å². The molecule has 2 N–H and O–H groups in total. The number of aliphatic hydroxyl groups is 1. The number of hydrogen-bond acceptors (Lipinski definition) is 5. The molecule has 3 rings (SSSR count). The zero-order valence-corrected chi connectivity index (χ0v) is 10.8. The van der Waals surface area contributed by atoms with Gasteiger partial charge < -0.3 is 10.4 Å². The zero-order chi connectivity index (χ0) is 13.7. The lowest BCUT2D eigenvalue weighted by molar-refractivity contribution is -0.126. The molecule has 2 aliphatic rings. The van der Waals surface area contributed by atoms with Crippen LogP contribution in [0.4, 0.5) is 14.6 Å². The van der Waals surface area contributed by atoms with Crippen molar-refractivity contribution in [2.45, 2.75) is 35.6 Å². The van der Waals surface area contributed by atoms with Crippen LogP contribution in [0.3, 0.4) is 0 Å². The van der Waals surface area contributed by atoms with Gasteiger partial charge in [0.2, 0.25) is 0 Å². The van der Waals surface area contributed by atoms with E-state index in [0.29, 0.717) is 28.6 Å². The van der Waals surface area contributed by atoms with Gasteiger partial charge in [-0.25, -0.2) is 18.7 Å². The number of halogens is 2. The molecule has 1 atom stereocenters. The summed E-state index contributed by atoms with van der Waals surface area (Å²) < 4.78 is 37.9. The van der Waals surface area contributed by atoms with Crippen LogP contribution in [0, 0.1) is 0 Å². The highest BCUT2D eigenvalue weighted by molar-refractivity contribution is 7.85. The second-order valence-corrected chi connectivity index (χ2v) is 6.58. The molecule has 1 aliphatic carbocycles. The van der Waals surface area contributed by atoms with Gasteiger partial charge in [0.1, 0.15) is 17.0 Å². The standard InChI is InChI=1S/C11H13F2N3O2S/c12-11(13)3-10(4-11,5-17)16-9-8-7(14-6-15-9)1-2-19(8)18/h6,17H,1-5H2,(H,14,15,16). The lowest BCUT2D eigenvalue weighted by Gasteiger charge is -2.46. The van der Waals surface area contributed by atoms with E-state index in [1.807, 2.05) is 0 Å². The Morgan fingerprint density at radius 1 is 1.42 bits per heavy atom. The van der Waals surface area contributed by atoms with Gasteiger partial charge in [-0.2, -0.15) is 0 Å². The summed E-state index contributed by atoms with van der Waals surface area (Å²) >= 11 is 0. The van der Waals surface area contributed by atoms with E-state index in [1.165, 1.54) is 6.33 Å². The number of aliphatic hydroxyl groups excluding tert-OH is 1. The summed E-state index contributed by atoms with van der Waals surface area (Å²) in [5.41, 5.74) is -0.381. The molecule has 104 valence electrons. The normalized spacial score (nSPS) is 26.6. The summed E-state index contributed by atoms with van der Waals surface area (Å²) in [6, 6.07) is 0. The van der Waals surface area contributed by atoms with Crippen molar-refractivity contribution in [3.8, 4) is 0 Å². The Bertz CT molecular complexity index is 545. The summed E-state index contributed by atoms with van der Waals surface area (Å²) in [6.45, 7) is -0.409. The first-order chi connectivity index (χ1) is 8.95. The highest BCUT2D eigenvalue weighted by Gasteiger charge is 2.56. The first-order valence-electron chi connectivity index (χ1n) is 5.94. The van der Waals surface area contributed by atoms with E-state index < -0.39 is 41.7 Å². The van der Waals surface area contributed by atoms with Gasteiger partial charge in [0.05, 0.1) is 28.6 Å². The molecule has 0 saturated heterocycles. The topological polar surface area (TPSA) is 75.1 Å². The molecule has 0 amide bonds. The van der Waals surface area contributed by atoms with E-state index >= 15 is 0 Å². The third-order valence-corrected chi connectivity index (χ3v) is 4.97. The molecular weight excluding hydrogens is 276 g/mol. The Kier molecular flexibility index (Phi) is 2.82. The Labute approximate surface area is 110 Å². The molecule has 2 heterocycles. The summed E-state index contributed by atoms with van der Waals surface area (Å²) in [5.74, 6) is -1.97. The van der Waals surface area contributed by atoms with Crippen molar-refractivity contribution in [1.82, 2.24) is 9.97 Å². The van der Waals surface area contributed by atoms with E-state index in [1.54, 1.807) is 0 Å². The highest BCUT2D eigenvalue weighted by atomic mass is 32.2. The van der Waals surface area contributed by atoms with Gasteiger partial charge in [-0.3, -0.25) is 4.21 Å². The monoisotopic (exact) mass is 289 g/mol. The van der Waals surface area contributed by atoms with Crippen molar-refractivity contribution in [2.24, 2.45) is 0 Å². The van der Waals surface area contributed by atoms with Crippen molar-refractivity contribution < 1.29 is 18.1 Å². The Morgan fingerprint density at radius 3 is 2.79 bits per heavy atom. The highest BCUT2D eigenvalue weighted by Crippen LogP contribution is 2.47. The third kappa shape index (κ3) is 2.12. The van der Waals surface area contributed by atoms with Crippen LogP contribution in [0.15, 0.2) is 11.2 Å². The summed E-state index contributed by atoms with van der Waals surface area (Å²) in [6.07, 6.45) is 1.04. The number of aromatic nitrogens is 2. The molecule has 0 bridgehead atoms. The first-order valence-corrected chi connectivity index (χ1v) is 7.26. The minimum absolute atomic E-state index is 0.311. The zero-order valence-electron chi connectivity index (χ0n) is 10.0. The van der Waals surface area contributed by atoms with Crippen molar-refractivity contribution in [1.29, 1.82) is 0 Å². The molecule has 8 heteroatoms. The molecule has 0 aromatic carbocycles. The first kappa shape index (κ1) is 12.9. The van der Waals surface area contributed by atoms with Gasteiger partial charge in [0.15, 0.2) is 0 Å². The van der Waals surface area contributed by atoms with Crippen LogP contribution in [-0.4, -0.2) is 43.1 Å². The molecule has 1 unspecified atom stereocenters. The predicted molar refractivity (Wildman–Crippen MR) is 64.6 cm³/mol. The van der Waals surface area contributed by atoms with Gasteiger partial charge in [-0.05, 0) is 0 Å². The summed E-state index contributed by atoms with van der Waals surface area (Å²) in [7, 11) is -1.20. The Hall–Kier alpha value is -1.15. The summed E-state index contributed by atoms with van der Waals surface area (Å²) in [4.78, 5) is 8.53. The largest absolute Gasteiger partial charge is 0.394 e. The molecule has 0 radical (unpaired) electrons. The summed E-state index contributed by atoms with van der Waals surface area (Å²) in [5, 5.41) is 12.2. The lowest BCUT2D eigenvalue weighted by atomic mass is 9.74. The lowest BCUT2D eigenvalue weighted by Crippen LogP contribution is -2.59. The second-order valence-electron chi connectivity index (χ2n) is 5.07. The van der Waals surface area contributed by atoms with Crippen LogP contribution in [0.25, 0.3) is 0 Å². The van der Waals surface area contributed by atoms with Crippen LogP contribution < -0.4 is 5.32 Å². The molecule has 5 nitrogen and oxygen atoms in total. The maximum atomic E-state index is 13.0. The molecule has 1 aromatic heterocycles. The number of hydrogen-bond donors (Lipinski definition) is 2. The maximum Gasteiger partial charge on any atom is 0.252 e. The SMILES string of the molecule is O=S1CCc2ncnc(NC3(CO)CC(F)(F)C3)c21. The van der Waals surface area contributed by atoms with Crippen molar-refractivity contribution in [2.75, 3.05) is 17.7 Å². The van der Waals surface area contributed by atoms with Gasteiger partial charge in [0.25, 0.3) is 5.92 Å². The van der Waals surface area contributed by atoms with E-state index in [2.05, 4.69) is 15.3 Å². The fourth-order valence-corrected chi connectivity index (χ4v) is 3.96. The molecule has 1 saturated carbocycles. The van der Waals surface area contributed by atoms with Gasteiger partial charge in [-0.15, -0.1) is 0 Å².